The number of nitrogens with zero attached hydrogens (tertiary/aromatic N) is 2. The normalized spacial score (nSPS) is 11.6. The van der Waals surface area contributed by atoms with Gasteiger partial charge in [0.15, 0.2) is 6.10 Å². The first-order valence-electron chi connectivity index (χ1n) is 11.7. The van der Waals surface area contributed by atoms with E-state index in [0.29, 0.717) is 22.3 Å². The van der Waals surface area contributed by atoms with Crippen LogP contribution in [0.25, 0.3) is 33.5 Å². The number of anilines is 1. The number of fused-ring (bicyclic) bond motifs is 1. The third kappa shape index (κ3) is 5.67. The van der Waals surface area contributed by atoms with Crippen molar-refractivity contribution >= 4 is 51.2 Å². The number of carbonyl (C=O) groups is 2. The van der Waals surface area contributed by atoms with Gasteiger partial charge in [0, 0.05) is 20.4 Å². The predicted molar refractivity (Wildman–Crippen MR) is 153 cm³/mol. The van der Waals surface area contributed by atoms with Gasteiger partial charge in [-0.3, -0.25) is 4.79 Å². The van der Waals surface area contributed by atoms with Crippen molar-refractivity contribution in [2.24, 2.45) is 0 Å². The Bertz CT molecular complexity index is 1570. The molecule has 0 aliphatic carbocycles. The monoisotopic (exact) mass is 599 g/mol. The van der Waals surface area contributed by atoms with Crippen LogP contribution in [-0.2, 0) is 9.53 Å². The molecule has 182 valence electrons. The van der Waals surface area contributed by atoms with Crippen LogP contribution >= 0.6 is 22.6 Å². The summed E-state index contributed by atoms with van der Waals surface area (Å²) in [6.07, 6.45) is -0.978. The van der Waals surface area contributed by atoms with E-state index in [1.54, 1.807) is 37.3 Å². The second-order valence-electron chi connectivity index (χ2n) is 8.40. The maximum Gasteiger partial charge on any atom is 0.338 e. The van der Waals surface area contributed by atoms with Crippen molar-refractivity contribution in [3.05, 3.63) is 112 Å². The molecule has 1 atom stereocenters. The first-order chi connectivity index (χ1) is 18.0. The van der Waals surface area contributed by atoms with Crippen LogP contribution in [0.2, 0.25) is 0 Å². The third-order valence-corrected chi connectivity index (χ3v) is 6.48. The number of rotatable bonds is 6. The molecule has 0 spiro atoms. The molecule has 37 heavy (non-hydrogen) atoms. The molecular formula is C30H22IN3O3. The maximum absolute atomic E-state index is 12.9. The van der Waals surface area contributed by atoms with Gasteiger partial charge < -0.3 is 10.1 Å². The summed E-state index contributed by atoms with van der Waals surface area (Å²) in [5, 5.41) is 2.76. The summed E-state index contributed by atoms with van der Waals surface area (Å²) < 4.78 is 6.51. The molecule has 0 radical (unpaired) electrons. The molecule has 6 nitrogen and oxygen atoms in total. The van der Waals surface area contributed by atoms with Crippen molar-refractivity contribution < 1.29 is 14.3 Å². The summed E-state index contributed by atoms with van der Waals surface area (Å²) in [7, 11) is 0. The standard InChI is InChI=1S/C30H22IN3O3/c1-19(29(35)32-24-15-13-23(31)14-16-24)37-30(36)22-12-17-25-26(18-22)34-28(21-10-6-3-7-11-21)27(33-25)20-8-4-2-5-9-20/h2-19H,1H3,(H,32,35). The highest BCUT2D eigenvalue weighted by atomic mass is 127. The quantitative estimate of drug-likeness (QED) is 0.173. The number of esters is 1. The summed E-state index contributed by atoms with van der Waals surface area (Å²) >= 11 is 2.19. The molecule has 0 aliphatic rings. The number of hydrogen-bond acceptors (Lipinski definition) is 5. The van der Waals surface area contributed by atoms with Crippen molar-refractivity contribution in [2.75, 3.05) is 5.32 Å². The van der Waals surface area contributed by atoms with Gasteiger partial charge in [0.2, 0.25) is 0 Å². The van der Waals surface area contributed by atoms with Gasteiger partial charge in [0.05, 0.1) is 28.0 Å². The second kappa shape index (κ2) is 10.9. The van der Waals surface area contributed by atoms with Crippen molar-refractivity contribution in [1.29, 1.82) is 0 Å². The number of halogens is 1. The van der Waals surface area contributed by atoms with Crippen LogP contribution in [-0.4, -0.2) is 27.9 Å². The highest BCUT2D eigenvalue weighted by Crippen LogP contribution is 2.31. The Balaban J connectivity index is 1.42. The molecule has 1 unspecified atom stereocenters. The van der Waals surface area contributed by atoms with Crippen LogP contribution in [0.3, 0.4) is 0 Å². The van der Waals surface area contributed by atoms with E-state index in [1.807, 2.05) is 72.8 Å². The van der Waals surface area contributed by atoms with Crippen molar-refractivity contribution in [3.63, 3.8) is 0 Å². The van der Waals surface area contributed by atoms with E-state index >= 15 is 0 Å². The summed E-state index contributed by atoms with van der Waals surface area (Å²) in [5.41, 5.74) is 5.49. The van der Waals surface area contributed by atoms with Crippen LogP contribution in [0.1, 0.15) is 17.3 Å². The Morgan fingerprint density at radius 2 is 1.32 bits per heavy atom. The summed E-state index contributed by atoms with van der Waals surface area (Å²) in [5.74, 6) is -1.02. The lowest BCUT2D eigenvalue weighted by Crippen LogP contribution is -2.30. The number of nitrogens with one attached hydrogen (secondary N) is 1. The lowest BCUT2D eigenvalue weighted by Gasteiger charge is -2.14. The van der Waals surface area contributed by atoms with Gasteiger partial charge in [-0.25, -0.2) is 14.8 Å². The third-order valence-electron chi connectivity index (χ3n) is 5.76. The molecule has 7 heteroatoms. The topological polar surface area (TPSA) is 81.2 Å². The molecular weight excluding hydrogens is 577 g/mol. The highest BCUT2D eigenvalue weighted by molar-refractivity contribution is 14.1. The van der Waals surface area contributed by atoms with E-state index in [0.717, 1.165) is 26.1 Å². The molecule has 1 aromatic heterocycles. The molecule has 0 aliphatic heterocycles. The number of amides is 1. The van der Waals surface area contributed by atoms with E-state index in [1.165, 1.54) is 0 Å². The van der Waals surface area contributed by atoms with Crippen LogP contribution < -0.4 is 5.32 Å². The fourth-order valence-corrected chi connectivity index (χ4v) is 4.19. The smallest absolute Gasteiger partial charge is 0.338 e. The Morgan fingerprint density at radius 3 is 1.92 bits per heavy atom. The molecule has 1 heterocycles. The average molecular weight is 599 g/mol. The van der Waals surface area contributed by atoms with Gasteiger partial charge in [-0.1, -0.05) is 60.7 Å². The molecule has 4 aromatic carbocycles. The van der Waals surface area contributed by atoms with Gasteiger partial charge in [-0.15, -0.1) is 0 Å². The fourth-order valence-electron chi connectivity index (χ4n) is 3.84. The lowest BCUT2D eigenvalue weighted by atomic mass is 10.0. The number of hydrogen-bond donors (Lipinski definition) is 1. The Kier molecular flexibility index (Phi) is 7.23. The van der Waals surface area contributed by atoms with E-state index in [-0.39, 0.29) is 0 Å². The first kappa shape index (κ1) is 24.6. The second-order valence-corrected chi connectivity index (χ2v) is 9.65. The average Bonchev–Trinajstić information content (AvgIpc) is 2.94. The summed E-state index contributed by atoms with van der Waals surface area (Å²) in [6, 6.07) is 32.1. The Hall–Kier alpha value is -4.11. The van der Waals surface area contributed by atoms with Gasteiger partial charge in [0.25, 0.3) is 5.91 Å². The molecule has 0 saturated carbocycles. The minimum absolute atomic E-state index is 0.294. The van der Waals surface area contributed by atoms with Crippen molar-refractivity contribution in [2.45, 2.75) is 13.0 Å². The van der Waals surface area contributed by atoms with Crippen molar-refractivity contribution in [3.8, 4) is 22.5 Å². The van der Waals surface area contributed by atoms with Crippen LogP contribution in [0.15, 0.2) is 103 Å². The molecule has 0 saturated heterocycles. The van der Waals surface area contributed by atoms with E-state index < -0.39 is 18.0 Å². The van der Waals surface area contributed by atoms with Crippen LogP contribution in [0.4, 0.5) is 5.69 Å². The molecule has 0 bridgehead atoms. The van der Waals surface area contributed by atoms with E-state index in [2.05, 4.69) is 27.9 Å². The largest absolute Gasteiger partial charge is 0.449 e. The summed E-state index contributed by atoms with van der Waals surface area (Å²) in [4.78, 5) is 35.2. The minimum Gasteiger partial charge on any atom is -0.449 e. The van der Waals surface area contributed by atoms with E-state index in [9.17, 15) is 9.59 Å². The lowest BCUT2D eigenvalue weighted by molar-refractivity contribution is -0.123. The predicted octanol–water partition coefficient (Wildman–Crippen LogP) is 6.75. The summed E-state index contributed by atoms with van der Waals surface area (Å²) in [6.45, 7) is 1.54. The highest BCUT2D eigenvalue weighted by Gasteiger charge is 2.20. The zero-order valence-electron chi connectivity index (χ0n) is 19.9. The molecule has 0 fully saturated rings. The molecule has 5 rings (SSSR count). The molecule has 1 N–H and O–H groups in total. The Morgan fingerprint density at radius 1 is 0.757 bits per heavy atom. The number of aromatic nitrogens is 2. The SMILES string of the molecule is CC(OC(=O)c1ccc2nc(-c3ccccc3)c(-c3ccccc3)nc2c1)C(=O)Nc1ccc(I)cc1. The fraction of sp³-hybridized carbons (Fsp3) is 0.0667. The molecule has 1 amide bonds. The maximum atomic E-state index is 12.9. The van der Waals surface area contributed by atoms with Crippen LogP contribution in [0.5, 0.6) is 0 Å². The Labute approximate surface area is 227 Å². The van der Waals surface area contributed by atoms with Gasteiger partial charge >= 0.3 is 5.97 Å². The first-order valence-corrected chi connectivity index (χ1v) is 12.8. The van der Waals surface area contributed by atoms with E-state index in [4.69, 9.17) is 14.7 Å². The number of carbonyl (C=O) groups excluding carboxylic acids is 2. The van der Waals surface area contributed by atoms with Gasteiger partial charge in [-0.05, 0) is 72.0 Å². The van der Waals surface area contributed by atoms with Crippen molar-refractivity contribution in [1.82, 2.24) is 9.97 Å². The van der Waals surface area contributed by atoms with Crippen LogP contribution in [0, 0.1) is 3.57 Å². The minimum atomic E-state index is -0.978. The van der Waals surface area contributed by atoms with Gasteiger partial charge in [-0.2, -0.15) is 0 Å². The van der Waals surface area contributed by atoms with Gasteiger partial charge in [0.1, 0.15) is 0 Å². The zero-order valence-corrected chi connectivity index (χ0v) is 22.0. The zero-order chi connectivity index (χ0) is 25.8. The molecule has 5 aromatic rings. The number of ether oxygens (including phenoxy) is 1. The number of benzene rings is 4.